The van der Waals surface area contributed by atoms with Crippen molar-refractivity contribution in [1.82, 2.24) is 4.57 Å². The molecule has 9 aromatic carbocycles. The lowest BCUT2D eigenvalue weighted by molar-refractivity contribution is 0.450. The monoisotopic (exact) mass is 1070 g/mol. The summed E-state index contributed by atoms with van der Waals surface area (Å²) >= 11 is 0. The number of rotatable bonds is 8. The van der Waals surface area contributed by atoms with Crippen LogP contribution >= 0.6 is 0 Å². The number of hydrogen-bond donors (Lipinski definition) is 0. The van der Waals surface area contributed by atoms with Crippen LogP contribution in [0, 0.1) is 17.8 Å². The van der Waals surface area contributed by atoms with Crippen molar-refractivity contribution in [1.29, 1.82) is 0 Å². The number of aliphatic imine (C=N–C) groups is 1. The molecule has 0 bridgehead atoms. The fraction of sp³-hybridized carbons (Fsp3) is 0.138. The molecule has 2 fully saturated rings. The molecule has 0 radical (unpaired) electrons. The van der Waals surface area contributed by atoms with Gasteiger partial charge in [0.15, 0.2) is 0 Å². The van der Waals surface area contributed by atoms with Crippen LogP contribution in [0.4, 0.5) is 17.1 Å². The number of benzene rings is 9. The average Bonchev–Trinajstić information content (AvgIpc) is 2.02. The Hall–Kier alpha value is -9.77. The van der Waals surface area contributed by atoms with E-state index in [4.69, 9.17) is 0 Å². The molecule has 4 heteroatoms. The molecule has 9 aliphatic rings. The zero-order valence-electron chi connectivity index (χ0n) is 46.4. The predicted octanol–water partition coefficient (Wildman–Crippen LogP) is 18.8. The van der Waals surface area contributed by atoms with E-state index in [-0.39, 0.29) is 17.3 Å². The summed E-state index contributed by atoms with van der Waals surface area (Å²) in [6.07, 6.45) is 26.9. The second-order valence-electron chi connectivity index (χ2n) is 24.8. The van der Waals surface area contributed by atoms with Crippen LogP contribution in [0.1, 0.15) is 75.7 Å². The maximum atomic E-state index is 4.64. The molecule has 1 aromatic heterocycles. The number of hydrogen-bond acceptors (Lipinski definition) is 3. The molecule has 398 valence electrons. The third kappa shape index (κ3) is 6.30. The summed E-state index contributed by atoms with van der Waals surface area (Å²) in [5.41, 5.74) is 28.5. The van der Waals surface area contributed by atoms with E-state index in [0.717, 1.165) is 19.3 Å². The van der Waals surface area contributed by atoms with Crippen LogP contribution in [0.3, 0.4) is 0 Å². The molecular weight excluding hydrogens is 1020 g/mol. The highest BCUT2D eigenvalue weighted by Crippen LogP contribution is 2.71. The summed E-state index contributed by atoms with van der Waals surface area (Å²) in [5, 5.41) is 1.36. The van der Waals surface area contributed by atoms with Crippen molar-refractivity contribution in [3.8, 4) is 39.1 Å². The molecule has 3 heterocycles. The fourth-order valence-electron chi connectivity index (χ4n) is 17.3. The number of nitrogens with zero attached hydrogens (tertiary/aromatic N) is 4. The number of para-hydroxylation sites is 1. The van der Waals surface area contributed by atoms with Gasteiger partial charge in [-0.15, -0.1) is 0 Å². The summed E-state index contributed by atoms with van der Waals surface area (Å²) in [6, 6.07) is 83.6. The quantitative estimate of drug-likeness (QED) is 0.151. The molecule has 0 saturated heterocycles. The van der Waals surface area contributed by atoms with E-state index in [1.54, 1.807) is 0 Å². The Morgan fingerprint density at radius 2 is 1.20 bits per heavy atom. The van der Waals surface area contributed by atoms with E-state index in [9.17, 15) is 0 Å². The molecular formula is C80H58N4. The molecule has 7 aliphatic carbocycles. The minimum absolute atomic E-state index is 0.0499. The molecule has 8 unspecified atom stereocenters. The van der Waals surface area contributed by atoms with Gasteiger partial charge in [-0.2, -0.15) is 0 Å². The van der Waals surface area contributed by atoms with Crippen LogP contribution in [-0.4, -0.2) is 16.8 Å². The number of aromatic nitrogens is 1. The van der Waals surface area contributed by atoms with Gasteiger partial charge < -0.3 is 14.4 Å². The Balaban J connectivity index is 0.820. The van der Waals surface area contributed by atoms with E-state index < -0.39 is 5.41 Å². The minimum Gasteiger partial charge on any atom is -0.336 e. The Bertz CT molecular complexity index is 4680. The standard InChI is InChI=1S/C80H58N4/c1-3-17-50(18-4-1)52-31-36-56(37-32-52)82-71-29-12-9-24-61(71)76-64-47-63(64)73(48-75(76)82)83(58-40-42-68-74(46-58)84(78-70-27-13-14-43-79(68,70)78)57-38-33-53(34-39-57)51-19-5-2-6-20-51)72-30-15-28-69-77(72)60-23-8-11-26-66(60)80(69)65-25-10-7-22-59(65)62-45-54(35-41-67(62)80)55-21-16-44-81-49-55/h1-15,17-20,22-46,48-49,63-64,69-70,77-78H,16,21,47H2. The Labute approximate surface area is 490 Å². The van der Waals surface area contributed by atoms with Crippen molar-refractivity contribution in [3.63, 3.8) is 0 Å². The van der Waals surface area contributed by atoms with Gasteiger partial charge in [0, 0.05) is 81.0 Å². The van der Waals surface area contributed by atoms with Gasteiger partial charge in [0.25, 0.3) is 0 Å². The van der Waals surface area contributed by atoms with Gasteiger partial charge in [-0.3, -0.25) is 4.99 Å². The van der Waals surface area contributed by atoms with E-state index in [0.29, 0.717) is 23.8 Å². The lowest BCUT2D eigenvalue weighted by Gasteiger charge is -2.41. The van der Waals surface area contributed by atoms with Crippen molar-refractivity contribution in [2.75, 3.05) is 9.80 Å². The van der Waals surface area contributed by atoms with E-state index in [1.807, 2.05) is 6.21 Å². The van der Waals surface area contributed by atoms with E-state index >= 15 is 0 Å². The van der Waals surface area contributed by atoms with Crippen LogP contribution in [0.5, 0.6) is 0 Å². The average molecular weight is 1080 g/mol. The Kier molecular flexibility index (Phi) is 9.69. The maximum Gasteiger partial charge on any atom is 0.0556 e. The molecule has 10 aromatic rings. The Morgan fingerprint density at radius 1 is 0.524 bits per heavy atom. The lowest BCUT2D eigenvalue weighted by atomic mass is 9.65. The Morgan fingerprint density at radius 3 is 2.00 bits per heavy atom. The second-order valence-corrected chi connectivity index (χ2v) is 24.8. The van der Waals surface area contributed by atoms with Crippen molar-refractivity contribution >= 4 is 45.8 Å². The van der Waals surface area contributed by atoms with Crippen molar-refractivity contribution in [2.45, 2.75) is 48.0 Å². The zero-order chi connectivity index (χ0) is 54.8. The van der Waals surface area contributed by atoms with Gasteiger partial charge in [0.2, 0.25) is 0 Å². The minimum atomic E-state index is -0.405. The van der Waals surface area contributed by atoms with Gasteiger partial charge in [0.05, 0.1) is 22.7 Å². The normalized spacial score (nSPS) is 25.1. The highest BCUT2D eigenvalue weighted by atomic mass is 15.3. The molecule has 2 spiro atoms. The number of anilines is 3. The number of fused-ring (bicyclic) bond motifs is 17. The first-order chi connectivity index (χ1) is 41.7. The van der Waals surface area contributed by atoms with Crippen LogP contribution in [0.15, 0.2) is 284 Å². The lowest BCUT2D eigenvalue weighted by Crippen LogP contribution is -2.37. The first kappa shape index (κ1) is 46.8. The van der Waals surface area contributed by atoms with Crippen LogP contribution in [0.25, 0.3) is 61.6 Å². The fourth-order valence-corrected chi connectivity index (χ4v) is 17.3. The van der Waals surface area contributed by atoms with Gasteiger partial charge in [-0.05, 0) is 164 Å². The van der Waals surface area contributed by atoms with Crippen LogP contribution in [0.2, 0.25) is 0 Å². The summed E-state index contributed by atoms with van der Waals surface area (Å²) in [4.78, 5) is 10.1. The molecule has 0 N–H and O–H groups in total. The van der Waals surface area contributed by atoms with Crippen molar-refractivity contribution in [2.24, 2.45) is 22.7 Å². The summed E-state index contributed by atoms with van der Waals surface area (Å²) in [7, 11) is 0. The third-order valence-corrected chi connectivity index (χ3v) is 20.9. The van der Waals surface area contributed by atoms with Crippen LogP contribution in [-0.2, 0) is 10.8 Å². The van der Waals surface area contributed by atoms with Gasteiger partial charge in [0.1, 0.15) is 0 Å². The van der Waals surface area contributed by atoms with Gasteiger partial charge >= 0.3 is 0 Å². The van der Waals surface area contributed by atoms with Gasteiger partial charge in [-0.1, -0.05) is 206 Å². The first-order valence-electron chi connectivity index (χ1n) is 30.4. The molecule has 0 amide bonds. The molecule has 19 rings (SSSR count). The molecule has 84 heavy (non-hydrogen) atoms. The SMILES string of the molecule is C1=CC2C(C(N(C3=Cc4c(c5ccccc5n4-c4ccc(-c5ccccc5)cc4)C4CC34)c3ccc4c(c3)N(c3ccc(-c5ccccc5)cc3)C3C5C=CC=CC453)=C1)c1ccccc1C21c2ccccc2-c2cc(C3=CN=CCC3)ccc21. The van der Waals surface area contributed by atoms with Crippen molar-refractivity contribution < 1.29 is 0 Å². The predicted molar refractivity (Wildman–Crippen MR) is 345 cm³/mol. The van der Waals surface area contributed by atoms with E-state index in [1.165, 1.54) is 129 Å². The maximum absolute atomic E-state index is 4.64. The van der Waals surface area contributed by atoms with Crippen molar-refractivity contribution in [3.05, 3.63) is 323 Å². The summed E-state index contributed by atoms with van der Waals surface area (Å²) in [5.74, 6) is 1.31. The molecule has 4 nitrogen and oxygen atoms in total. The molecule has 2 aliphatic heterocycles. The third-order valence-electron chi connectivity index (χ3n) is 20.9. The van der Waals surface area contributed by atoms with E-state index in [2.05, 4.69) is 293 Å². The second kappa shape index (κ2) is 17.4. The zero-order valence-corrected chi connectivity index (χ0v) is 46.4. The molecule has 8 atom stereocenters. The molecule has 2 saturated carbocycles. The highest BCUT2D eigenvalue weighted by Gasteiger charge is 2.71. The summed E-state index contributed by atoms with van der Waals surface area (Å²) in [6.45, 7) is 0. The highest BCUT2D eigenvalue weighted by molar-refractivity contribution is 5.95. The first-order valence-corrected chi connectivity index (χ1v) is 30.4. The largest absolute Gasteiger partial charge is 0.336 e. The number of allylic oxidation sites excluding steroid dienone is 8. The summed E-state index contributed by atoms with van der Waals surface area (Å²) < 4.78 is 2.57. The van der Waals surface area contributed by atoms with Gasteiger partial charge in [-0.25, -0.2) is 0 Å². The van der Waals surface area contributed by atoms with Crippen LogP contribution < -0.4 is 9.80 Å². The smallest absolute Gasteiger partial charge is 0.0556 e. The topological polar surface area (TPSA) is 23.8 Å².